The molecule has 0 bridgehead atoms. The molecule has 1 aliphatic carbocycles. The van der Waals surface area contributed by atoms with Crippen molar-refractivity contribution in [2.24, 2.45) is 11.3 Å². The van der Waals surface area contributed by atoms with E-state index in [9.17, 15) is 19.8 Å². The number of halogens is 1. The molecule has 27 heavy (non-hydrogen) atoms. The summed E-state index contributed by atoms with van der Waals surface area (Å²) in [6.07, 6.45) is 4.17. The predicted molar refractivity (Wildman–Crippen MR) is 101 cm³/mol. The molecule has 7 heteroatoms. The van der Waals surface area contributed by atoms with Crippen LogP contribution in [-0.4, -0.2) is 57.6 Å². The average molecular weight is 393 g/mol. The number of piperidine rings is 1. The maximum Gasteiger partial charge on any atom is 0.326 e. The van der Waals surface area contributed by atoms with E-state index in [1.54, 1.807) is 17.0 Å². The van der Waals surface area contributed by atoms with E-state index in [1.807, 2.05) is 6.07 Å². The molecule has 3 aliphatic rings. The zero-order valence-corrected chi connectivity index (χ0v) is 16.0. The van der Waals surface area contributed by atoms with Gasteiger partial charge in [0.2, 0.25) is 5.91 Å². The minimum absolute atomic E-state index is 0.0421. The first kappa shape index (κ1) is 18.6. The Morgan fingerprint density at radius 2 is 1.93 bits per heavy atom. The molecule has 1 amide bonds. The van der Waals surface area contributed by atoms with Crippen molar-refractivity contribution < 1.29 is 19.8 Å². The molecule has 1 aromatic rings. The molecule has 3 fully saturated rings. The summed E-state index contributed by atoms with van der Waals surface area (Å²) in [4.78, 5) is 28.2. The molecular formula is C20H25ClN2O4. The highest BCUT2D eigenvalue weighted by Gasteiger charge is 2.51. The summed E-state index contributed by atoms with van der Waals surface area (Å²) in [5, 5.41) is 19.5. The summed E-state index contributed by atoms with van der Waals surface area (Å²) in [6, 6.07) is 4.60. The molecule has 0 radical (unpaired) electrons. The standard InChI is InChI=1S/C20H25ClN2O4/c21-15-9-13(1-4-17(15)24)11-22-7-5-20(6-8-22)10-16(19(26)27)23(12-20)18(25)14-2-3-14/h1,4,9,14,16,24H,2-3,5-8,10-12H2,(H,26,27). The Balaban J connectivity index is 1.39. The summed E-state index contributed by atoms with van der Waals surface area (Å²) in [7, 11) is 0. The minimum atomic E-state index is -0.873. The van der Waals surface area contributed by atoms with Gasteiger partial charge in [-0.3, -0.25) is 9.69 Å². The van der Waals surface area contributed by atoms with E-state index in [2.05, 4.69) is 4.90 Å². The number of aliphatic carboxylic acids is 1. The molecule has 1 aromatic carbocycles. The first-order chi connectivity index (χ1) is 12.9. The summed E-state index contributed by atoms with van der Waals surface area (Å²) in [5.41, 5.74) is 0.977. The van der Waals surface area contributed by atoms with Crippen molar-refractivity contribution in [2.75, 3.05) is 19.6 Å². The Hall–Kier alpha value is -1.79. The van der Waals surface area contributed by atoms with Gasteiger partial charge < -0.3 is 15.1 Å². The van der Waals surface area contributed by atoms with Crippen molar-refractivity contribution in [1.29, 1.82) is 0 Å². The Labute approximate surface area is 163 Å². The third kappa shape index (κ3) is 3.78. The van der Waals surface area contributed by atoms with Gasteiger partial charge in [0.1, 0.15) is 11.8 Å². The maximum atomic E-state index is 12.5. The number of carboxylic acids is 1. The van der Waals surface area contributed by atoms with Crippen LogP contribution in [0.2, 0.25) is 5.02 Å². The van der Waals surface area contributed by atoms with Crippen molar-refractivity contribution in [2.45, 2.75) is 44.7 Å². The van der Waals surface area contributed by atoms with Crippen LogP contribution in [0.25, 0.3) is 0 Å². The van der Waals surface area contributed by atoms with E-state index < -0.39 is 12.0 Å². The van der Waals surface area contributed by atoms with Crippen LogP contribution in [0.15, 0.2) is 18.2 Å². The fraction of sp³-hybridized carbons (Fsp3) is 0.600. The number of carbonyl (C=O) groups excluding carboxylic acids is 1. The van der Waals surface area contributed by atoms with Gasteiger partial charge in [-0.2, -0.15) is 0 Å². The van der Waals surface area contributed by atoms with Crippen molar-refractivity contribution >= 4 is 23.5 Å². The Kier molecular flexibility index (Phi) is 4.80. The van der Waals surface area contributed by atoms with E-state index in [1.165, 1.54) is 0 Å². The second-order valence-corrected chi connectivity index (χ2v) is 8.77. The summed E-state index contributed by atoms with van der Waals surface area (Å²) in [6.45, 7) is 3.08. The van der Waals surface area contributed by atoms with Gasteiger partial charge in [0.05, 0.1) is 5.02 Å². The topological polar surface area (TPSA) is 81.1 Å². The van der Waals surface area contributed by atoms with Crippen LogP contribution in [0.4, 0.5) is 0 Å². The van der Waals surface area contributed by atoms with Gasteiger partial charge in [0, 0.05) is 19.0 Å². The number of phenolic OH excluding ortho intramolecular Hbond substituents is 1. The maximum absolute atomic E-state index is 12.5. The van der Waals surface area contributed by atoms with Crippen molar-refractivity contribution in [3.8, 4) is 5.75 Å². The average Bonchev–Trinajstić information content (AvgIpc) is 3.42. The van der Waals surface area contributed by atoms with E-state index >= 15 is 0 Å². The van der Waals surface area contributed by atoms with Gasteiger partial charge in [-0.25, -0.2) is 4.79 Å². The van der Waals surface area contributed by atoms with Crippen LogP contribution in [0.3, 0.4) is 0 Å². The smallest absolute Gasteiger partial charge is 0.326 e. The van der Waals surface area contributed by atoms with Crippen LogP contribution in [0, 0.1) is 11.3 Å². The first-order valence-corrected chi connectivity index (χ1v) is 9.98. The molecule has 2 heterocycles. The summed E-state index contributed by atoms with van der Waals surface area (Å²) < 4.78 is 0. The lowest BCUT2D eigenvalue weighted by Gasteiger charge is -2.39. The monoisotopic (exact) mass is 392 g/mol. The molecule has 2 saturated heterocycles. The normalized spacial score (nSPS) is 25.1. The third-order valence-corrected chi connectivity index (χ3v) is 6.64. The number of hydrogen-bond acceptors (Lipinski definition) is 4. The number of phenols is 1. The third-order valence-electron chi connectivity index (χ3n) is 6.34. The molecule has 6 nitrogen and oxygen atoms in total. The highest BCUT2D eigenvalue weighted by atomic mass is 35.5. The molecule has 2 N–H and O–H groups in total. The Morgan fingerprint density at radius 3 is 2.52 bits per heavy atom. The first-order valence-electron chi connectivity index (χ1n) is 9.60. The lowest BCUT2D eigenvalue weighted by Crippen LogP contribution is -2.43. The molecule has 1 unspecified atom stereocenters. The van der Waals surface area contributed by atoms with Crippen LogP contribution in [0.1, 0.15) is 37.7 Å². The van der Waals surface area contributed by atoms with Gasteiger partial charge in [-0.15, -0.1) is 0 Å². The number of carboxylic acid groups (broad SMARTS) is 1. The number of benzene rings is 1. The van der Waals surface area contributed by atoms with Crippen molar-refractivity contribution in [3.63, 3.8) is 0 Å². The van der Waals surface area contributed by atoms with Crippen LogP contribution >= 0.6 is 11.6 Å². The molecule has 1 atom stereocenters. The van der Waals surface area contributed by atoms with Gasteiger partial charge in [0.25, 0.3) is 0 Å². The van der Waals surface area contributed by atoms with Crippen LogP contribution in [0.5, 0.6) is 5.75 Å². The van der Waals surface area contributed by atoms with E-state index in [0.29, 0.717) is 18.0 Å². The van der Waals surface area contributed by atoms with Gasteiger partial charge >= 0.3 is 5.97 Å². The highest BCUT2D eigenvalue weighted by Crippen LogP contribution is 2.45. The molecule has 2 aliphatic heterocycles. The number of rotatable bonds is 4. The van der Waals surface area contributed by atoms with Crippen molar-refractivity contribution in [1.82, 2.24) is 9.80 Å². The molecule has 4 rings (SSSR count). The van der Waals surface area contributed by atoms with Crippen LogP contribution in [-0.2, 0) is 16.1 Å². The number of hydrogen-bond donors (Lipinski definition) is 2. The molecule has 1 saturated carbocycles. The van der Waals surface area contributed by atoms with Crippen molar-refractivity contribution in [3.05, 3.63) is 28.8 Å². The fourth-order valence-electron chi connectivity index (χ4n) is 4.53. The predicted octanol–water partition coefficient (Wildman–Crippen LogP) is 2.72. The summed E-state index contributed by atoms with van der Waals surface area (Å²) in [5.74, 6) is -0.687. The zero-order valence-electron chi connectivity index (χ0n) is 15.2. The molecule has 0 aromatic heterocycles. The number of aromatic hydroxyl groups is 1. The van der Waals surface area contributed by atoms with Gasteiger partial charge in [-0.05, 0) is 68.3 Å². The van der Waals surface area contributed by atoms with Gasteiger partial charge in [0.15, 0.2) is 0 Å². The molecule has 146 valence electrons. The largest absolute Gasteiger partial charge is 0.506 e. The lowest BCUT2D eigenvalue weighted by molar-refractivity contribution is -0.148. The Morgan fingerprint density at radius 1 is 1.22 bits per heavy atom. The summed E-state index contributed by atoms with van der Waals surface area (Å²) >= 11 is 5.99. The van der Waals surface area contributed by atoms with Gasteiger partial charge in [-0.1, -0.05) is 17.7 Å². The quantitative estimate of drug-likeness (QED) is 0.823. The second kappa shape index (κ2) is 6.99. The second-order valence-electron chi connectivity index (χ2n) is 8.36. The van der Waals surface area contributed by atoms with E-state index in [-0.39, 0.29) is 23.0 Å². The number of nitrogens with zero attached hydrogens (tertiary/aromatic N) is 2. The number of likely N-dealkylation sites (tertiary alicyclic amines) is 2. The van der Waals surface area contributed by atoms with E-state index in [4.69, 9.17) is 11.6 Å². The molecular weight excluding hydrogens is 368 g/mol. The number of carbonyl (C=O) groups is 2. The number of amides is 1. The fourth-order valence-corrected chi connectivity index (χ4v) is 4.73. The van der Waals surface area contributed by atoms with Crippen LogP contribution < -0.4 is 0 Å². The molecule has 1 spiro atoms. The SMILES string of the molecule is O=C(O)C1CC2(CCN(Cc3ccc(O)c(Cl)c3)CC2)CN1C(=O)C1CC1. The zero-order chi connectivity index (χ0) is 19.2. The van der Waals surface area contributed by atoms with E-state index in [0.717, 1.165) is 50.9 Å². The lowest BCUT2D eigenvalue weighted by atomic mass is 9.76. The Bertz CT molecular complexity index is 756. The highest BCUT2D eigenvalue weighted by molar-refractivity contribution is 6.32. The minimum Gasteiger partial charge on any atom is -0.506 e.